The first-order valence-electron chi connectivity index (χ1n) is 15.4. The van der Waals surface area contributed by atoms with Gasteiger partial charge in [-0.3, -0.25) is 9.59 Å². The van der Waals surface area contributed by atoms with E-state index in [-0.39, 0.29) is 24.0 Å². The van der Waals surface area contributed by atoms with Crippen LogP contribution in [0.5, 0.6) is 11.5 Å². The number of amides is 2. The number of aromatic amines is 2. The number of H-pyrrole nitrogens is 2. The third-order valence-electron chi connectivity index (χ3n) is 7.91. The highest BCUT2D eigenvalue weighted by molar-refractivity contribution is 5.82. The summed E-state index contributed by atoms with van der Waals surface area (Å²) in [6, 6.07) is 15.6. The molecule has 0 aliphatic carbocycles. The van der Waals surface area contributed by atoms with Crippen LogP contribution in [0.25, 0.3) is 0 Å². The summed E-state index contributed by atoms with van der Waals surface area (Å²) in [7, 11) is 3.28. The number of hydrogen-bond donors (Lipinski definition) is 2. The number of ether oxygens (including phenoxy) is 4. The molecular weight excluding hydrogens is 588 g/mol. The van der Waals surface area contributed by atoms with Crippen LogP contribution in [0.15, 0.2) is 73.6 Å². The van der Waals surface area contributed by atoms with Crippen molar-refractivity contribution in [2.24, 2.45) is 0 Å². The number of nitrogens with zero attached hydrogens (tertiary/aromatic N) is 4. The Kier molecular flexibility index (Phi) is 11.1. The van der Waals surface area contributed by atoms with Crippen LogP contribution in [0.2, 0.25) is 0 Å². The average molecular weight is 631 g/mol. The lowest BCUT2D eigenvalue weighted by molar-refractivity contribution is -0.161. The largest absolute Gasteiger partial charge is 0.497 e. The van der Waals surface area contributed by atoms with Crippen LogP contribution in [0.3, 0.4) is 0 Å². The number of aromatic nitrogens is 4. The molecule has 2 fully saturated rings. The van der Waals surface area contributed by atoms with Crippen molar-refractivity contribution in [3.05, 3.63) is 96.1 Å². The summed E-state index contributed by atoms with van der Waals surface area (Å²) in [4.78, 5) is 43.1. The Morgan fingerprint density at radius 1 is 0.696 bits per heavy atom. The van der Waals surface area contributed by atoms with Gasteiger partial charge in [0.25, 0.3) is 11.8 Å². The summed E-state index contributed by atoms with van der Waals surface area (Å²) >= 11 is 0. The van der Waals surface area contributed by atoms with Gasteiger partial charge in [-0.2, -0.15) is 0 Å². The topological polar surface area (TPSA) is 135 Å². The molecular formula is C34H42N6O6. The van der Waals surface area contributed by atoms with Gasteiger partial charge in [-0.25, -0.2) is 9.97 Å². The highest BCUT2D eigenvalue weighted by atomic mass is 16.5. The maximum atomic E-state index is 12.7. The first-order valence-corrected chi connectivity index (χ1v) is 15.4. The smallest absolute Gasteiger partial charge is 0.252 e. The molecule has 2 aromatic carbocycles. The van der Waals surface area contributed by atoms with E-state index in [1.165, 1.54) is 0 Å². The van der Waals surface area contributed by atoms with E-state index >= 15 is 0 Å². The quantitative estimate of drug-likeness (QED) is 0.272. The van der Waals surface area contributed by atoms with Crippen LogP contribution in [-0.2, 0) is 45.0 Å². The Morgan fingerprint density at radius 2 is 1.09 bits per heavy atom. The SMILES string of the molecule is COc1ccc(CN2C[C@@H](C)O[C@@H](Cc3cnc[nH]3)C2=O)cc1.COc1ccc(CN2C[C@@H](C)O[C@H](Cc3cnc[nH]3)C2=O)cc1. The summed E-state index contributed by atoms with van der Waals surface area (Å²) in [6.07, 6.45) is 6.81. The molecule has 4 atom stereocenters. The van der Waals surface area contributed by atoms with Crippen molar-refractivity contribution in [3.63, 3.8) is 0 Å². The van der Waals surface area contributed by atoms with Gasteiger partial charge in [0.15, 0.2) is 0 Å². The third kappa shape index (κ3) is 8.73. The number of nitrogens with one attached hydrogen (secondary N) is 2. The molecule has 2 aliphatic heterocycles. The van der Waals surface area contributed by atoms with Gasteiger partial charge in [-0.1, -0.05) is 24.3 Å². The van der Waals surface area contributed by atoms with Gasteiger partial charge in [0.05, 0.1) is 39.1 Å². The molecule has 12 nitrogen and oxygen atoms in total. The predicted molar refractivity (Wildman–Crippen MR) is 170 cm³/mol. The number of carbonyl (C=O) groups excluding carboxylic acids is 2. The van der Waals surface area contributed by atoms with Gasteiger partial charge in [0.1, 0.15) is 23.7 Å². The summed E-state index contributed by atoms with van der Waals surface area (Å²) in [5.74, 6) is 1.67. The fraction of sp³-hybridized carbons (Fsp3) is 0.412. The van der Waals surface area contributed by atoms with E-state index in [0.29, 0.717) is 39.0 Å². The predicted octanol–water partition coefficient (Wildman–Crippen LogP) is 3.55. The van der Waals surface area contributed by atoms with Gasteiger partial charge < -0.3 is 38.7 Å². The molecule has 0 spiro atoms. The summed E-state index contributed by atoms with van der Waals surface area (Å²) in [6.45, 7) is 6.35. The first kappa shape index (κ1) is 32.7. The molecule has 2 amide bonds. The second-order valence-electron chi connectivity index (χ2n) is 11.6. The highest BCUT2D eigenvalue weighted by Gasteiger charge is 2.34. The van der Waals surface area contributed by atoms with E-state index in [9.17, 15) is 9.59 Å². The maximum absolute atomic E-state index is 12.7. The van der Waals surface area contributed by atoms with E-state index in [1.54, 1.807) is 39.3 Å². The standard InChI is InChI=1S/2C17H21N3O3/c2*1-12-9-20(10-13-3-5-15(22-2)6-4-13)17(21)16(23-12)7-14-8-18-11-19-14/h2*3-6,8,11-12,16H,7,9-10H2,1-2H3,(H,18,19)/t12-,16+;12-,16-/m11/s1. The van der Waals surface area contributed by atoms with E-state index in [1.807, 2.05) is 72.2 Å². The normalized spacial score (nSPS) is 21.5. The van der Waals surface area contributed by atoms with Crippen molar-refractivity contribution < 1.29 is 28.5 Å². The molecule has 6 rings (SSSR count). The van der Waals surface area contributed by atoms with Crippen LogP contribution in [0.4, 0.5) is 0 Å². The number of hydrogen-bond acceptors (Lipinski definition) is 8. The van der Waals surface area contributed by atoms with Crippen LogP contribution in [-0.4, -0.2) is 93.3 Å². The van der Waals surface area contributed by atoms with Gasteiger partial charge in [0.2, 0.25) is 0 Å². The monoisotopic (exact) mass is 630 g/mol. The molecule has 2 N–H and O–H groups in total. The van der Waals surface area contributed by atoms with Crippen molar-refractivity contribution in [1.82, 2.24) is 29.7 Å². The van der Waals surface area contributed by atoms with Gasteiger partial charge >= 0.3 is 0 Å². The Morgan fingerprint density at radius 3 is 1.41 bits per heavy atom. The zero-order chi connectivity index (χ0) is 32.5. The van der Waals surface area contributed by atoms with Crippen LogP contribution >= 0.6 is 0 Å². The third-order valence-corrected chi connectivity index (χ3v) is 7.91. The molecule has 0 saturated carbocycles. The fourth-order valence-electron chi connectivity index (χ4n) is 5.62. The van der Waals surface area contributed by atoms with E-state index in [2.05, 4.69) is 19.9 Å². The van der Waals surface area contributed by atoms with E-state index < -0.39 is 12.2 Å². The van der Waals surface area contributed by atoms with E-state index in [4.69, 9.17) is 18.9 Å². The minimum Gasteiger partial charge on any atom is -0.497 e. The lowest BCUT2D eigenvalue weighted by atomic mass is 10.1. The molecule has 2 aliphatic rings. The van der Waals surface area contributed by atoms with Crippen molar-refractivity contribution in [2.75, 3.05) is 27.3 Å². The lowest BCUT2D eigenvalue weighted by Crippen LogP contribution is -2.51. The van der Waals surface area contributed by atoms with E-state index in [0.717, 1.165) is 34.0 Å². The Balaban J connectivity index is 0.000000181. The van der Waals surface area contributed by atoms with Crippen LogP contribution < -0.4 is 9.47 Å². The number of carbonyl (C=O) groups is 2. The van der Waals surface area contributed by atoms with Gasteiger partial charge in [-0.05, 0) is 49.2 Å². The van der Waals surface area contributed by atoms with Crippen molar-refractivity contribution in [2.45, 2.75) is 64.2 Å². The highest BCUT2D eigenvalue weighted by Crippen LogP contribution is 2.21. The Hall–Kier alpha value is -4.68. The molecule has 244 valence electrons. The molecule has 12 heteroatoms. The molecule has 0 unspecified atom stereocenters. The first-order chi connectivity index (χ1) is 22.3. The van der Waals surface area contributed by atoms with Gasteiger partial charge in [-0.15, -0.1) is 0 Å². The number of methoxy groups -OCH3 is 2. The molecule has 46 heavy (non-hydrogen) atoms. The number of morpholine rings is 2. The molecule has 2 saturated heterocycles. The minimum atomic E-state index is -0.461. The van der Waals surface area contributed by atoms with Crippen molar-refractivity contribution >= 4 is 11.8 Å². The fourth-order valence-corrected chi connectivity index (χ4v) is 5.62. The Bertz CT molecular complexity index is 1390. The van der Waals surface area contributed by atoms with Crippen LogP contribution in [0, 0.1) is 0 Å². The van der Waals surface area contributed by atoms with Crippen molar-refractivity contribution in [3.8, 4) is 11.5 Å². The van der Waals surface area contributed by atoms with Gasteiger partial charge in [0, 0.05) is 62.8 Å². The second kappa shape index (κ2) is 15.5. The molecule has 0 bridgehead atoms. The summed E-state index contributed by atoms with van der Waals surface area (Å²) in [5.41, 5.74) is 3.96. The van der Waals surface area contributed by atoms with Crippen LogP contribution in [0.1, 0.15) is 36.4 Å². The number of rotatable bonds is 10. The average Bonchev–Trinajstić information content (AvgIpc) is 3.78. The summed E-state index contributed by atoms with van der Waals surface area (Å²) < 4.78 is 22.0. The zero-order valence-electron chi connectivity index (χ0n) is 26.7. The zero-order valence-corrected chi connectivity index (χ0v) is 26.7. The molecule has 2 aromatic heterocycles. The second-order valence-corrected chi connectivity index (χ2v) is 11.6. The summed E-state index contributed by atoms with van der Waals surface area (Å²) in [5, 5.41) is 0. The maximum Gasteiger partial charge on any atom is 0.252 e. The number of imidazole rings is 2. The molecule has 4 aromatic rings. The van der Waals surface area contributed by atoms with Crippen molar-refractivity contribution in [1.29, 1.82) is 0 Å². The molecule has 4 heterocycles. The Labute approximate surface area is 269 Å². The molecule has 0 radical (unpaired) electrons. The number of benzene rings is 2. The lowest BCUT2D eigenvalue weighted by Gasteiger charge is -2.36. The minimum absolute atomic E-state index is 0.0128.